The number of sulfonamides is 1. The predicted molar refractivity (Wildman–Crippen MR) is 99.2 cm³/mol. The van der Waals surface area contributed by atoms with Crippen LogP contribution in [0.1, 0.15) is 44.0 Å². The van der Waals surface area contributed by atoms with Gasteiger partial charge in [-0.15, -0.1) is 0 Å². The molecule has 0 aliphatic carbocycles. The lowest BCUT2D eigenvalue weighted by molar-refractivity contribution is -0.125. The second-order valence-corrected chi connectivity index (χ2v) is 9.26. The minimum Gasteiger partial charge on any atom is -0.495 e. The molecule has 1 saturated heterocycles. The maximum Gasteiger partial charge on any atom is 0.338 e. The molecule has 1 amide bonds. The number of ether oxygens (including phenoxy) is 2. The van der Waals surface area contributed by atoms with Gasteiger partial charge in [0.05, 0.1) is 12.7 Å². The van der Waals surface area contributed by atoms with Crippen molar-refractivity contribution in [1.82, 2.24) is 9.62 Å². The van der Waals surface area contributed by atoms with Gasteiger partial charge in [0.25, 0.3) is 5.91 Å². The predicted octanol–water partition coefficient (Wildman–Crippen LogP) is 1.55. The first kappa shape index (κ1) is 21.2. The maximum atomic E-state index is 12.8. The molecule has 150 valence electrons. The summed E-state index contributed by atoms with van der Waals surface area (Å²) >= 11 is 0. The van der Waals surface area contributed by atoms with Crippen molar-refractivity contribution in [1.29, 1.82) is 0 Å². The molecule has 0 aromatic heterocycles. The van der Waals surface area contributed by atoms with Gasteiger partial charge in [-0.3, -0.25) is 4.79 Å². The fourth-order valence-corrected chi connectivity index (χ4v) is 4.44. The summed E-state index contributed by atoms with van der Waals surface area (Å²) in [4.78, 5) is 24.0. The summed E-state index contributed by atoms with van der Waals surface area (Å²) < 4.78 is 37.2. The lowest BCUT2D eigenvalue weighted by Crippen LogP contribution is -2.42. The molecular weight excluding hydrogens is 372 g/mol. The van der Waals surface area contributed by atoms with E-state index in [0.717, 1.165) is 12.8 Å². The van der Waals surface area contributed by atoms with E-state index in [0.29, 0.717) is 13.1 Å². The summed E-state index contributed by atoms with van der Waals surface area (Å²) in [5.41, 5.74) is -0.405. The second-order valence-electron chi connectivity index (χ2n) is 7.35. The number of esters is 1. The molecule has 9 heteroatoms. The average molecular weight is 398 g/mol. The maximum absolute atomic E-state index is 12.8. The number of carbonyl (C=O) groups is 2. The number of hydrogen-bond acceptors (Lipinski definition) is 6. The molecule has 1 N–H and O–H groups in total. The molecule has 0 unspecified atom stereocenters. The average Bonchev–Trinajstić information content (AvgIpc) is 3.13. The van der Waals surface area contributed by atoms with Crippen molar-refractivity contribution in [3.05, 3.63) is 23.8 Å². The molecule has 2 rings (SSSR count). The van der Waals surface area contributed by atoms with Crippen molar-refractivity contribution in [2.75, 3.05) is 26.8 Å². The highest BCUT2D eigenvalue weighted by Gasteiger charge is 2.31. The van der Waals surface area contributed by atoms with Crippen LogP contribution in [0.4, 0.5) is 0 Å². The zero-order chi connectivity index (χ0) is 20.2. The van der Waals surface area contributed by atoms with Crippen molar-refractivity contribution >= 4 is 21.9 Å². The first-order valence-electron chi connectivity index (χ1n) is 8.71. The second kappa shape index (κ2) is 8.26. The van der Waals surface area contributed by atoms with Gasteiger partial charge in [0.15, 0.2) is 6.61 Å². The normalized spacial score (nSPS) is 15.4. The van der Waals surface area contributed by atoms with Crippen molar-refractivity contribution in [3.8, 4) is 5.75 Å². The molecule has 0 radical (unpaired) electrons. The van der Waals surface area contributed by atoms with Gasteiger partial charge in [-0.05, 0) is 51.8 Å². The van der Waals surface area contributed by atoms with Crippen LogP contribution in [-0.2, 0) is 19.6 Å². The highest BCUT2D eigenvalue weighted by molar-refractivity contribution is 7.89. The third-order valence-corrected chi connectivity index (χ3v) is 5.85. The highest BCUT2D eigenvalue weighted by Crippen LogP contribution is 2.30. The fourth-order valence-electron chi connectivity index (χ4n) is 2.74. The summed E-state index contributed by atoms with van der Waals surface area (Å²) in [5, 5.41) is 2.68. The minimum atomic E-state index is -3.77. The third-order valence-electron chi connectivity index (χ3n) is 3.93. The van der Waals surface area contributed by atoms with E-state index in [2.05, 4.69) is 5.32 Å². The quantitative estimate of drug-likeness (QED) is 0.730. The Labute approximate surface area is 159 Å². The molecule has 1 aliphatic heterocycles. The lowest BCUT2D eigenvalue weighted by Gasteiger charge is -2.20. The van der Waals surface area contributed by atoms with Crippen molar-refractivity contribution in [2.45, 2.75) is 44.0 Å². The summed E-state index contributed by atoms with van der Waals surface area (Å²) in [6.45, 7) is 5.86. The van der Waals surface area contributed by atoms with E-state index in [1.807, 2.05) is 20.8 Å². The zero-order valence-corrected chi connectivity index (χ0v) is 16.9. The SMILES string of the molecule is COc1ccc(C(=O)OCC(=O)NC(C)(C)C)cc1S(=O)(=O)N1CCCC1. The van der Waals surface area contributed by atoms with Crippen LogP contribution < -0.4 is 10.1 Å². The van der Waals surface area contributed by atoms with Crippen LogP contribution in [0.2, 0.25) is 0 Å². The van der Waals surface area contributed by atoms with Crippen LogP contribution in [-0.4, -0.2) is 56.9 Å². The summed E-state index contributed by atoms with van der Waals surface area (Å²) in [5.74, 6) is -1.06. The third kappa shape index (κ3) is 5.43. The summed E-state index contributed by atoms with van der Waals surface area (Å²) in [7, 11) is -2.40. The van der Waals surface area contributed by atoms with Crippen LogP contribution in [0.5, 0.6) is 5.75 Å². The summed E-state index contributed by atoms with van der Waals surface area (Å²) in [6.07, 6.45) is 1.60. The Morgan fingerprint density at radius 3 is 2.37 bits per heavy atom. The Balaban J connectivity index is 2.18. The number of nitrogens with one attached hydrogen (secondary N) is 1. The smallest absolute Gasteiger partial charge is 0.338 e. The molecule has 0 bridgehead atoms. The molecule has 27 heavy (non-hydrogen) atoms. The van der Waals surface area contributed by atoms with E-state index in [1.165, 1.54) is 29.6 Å². The molecule has 1 heterocycles. The molecule has 0 atom stereocenters. The Morgan fingerprint density at radius 1 is 1.19 bits per heavy atom. The number of amides is 1. The number of rotatable bonds is 6. The standard InChI is InChI=1S/C18H26N2O6S/c1-18(2,3)19-16(21)12-26-17(22)13-7-8-14(25-4)15(11-13)27(23,24)20-9-5-6-10-20/h7-8,11H,5-6,9-10,12H2,1-4H3,(H,19,21). The number of carbonyl (C=O) groups excluding carboxylic acids is 2. The topological polar surface area (TPSA) is 102 Å². The van der Waals surface area contributed by atoms with Crippen LogP contribution in [0.25, 0.3) is 0 Å². The molecule has 0 spiro atoms. The van der Waals surface area contributed by atoms with Crippen LogP contribution in [0, 0.1) is 0 Å². The number of hydrogen-bond donors (Lipinski definition) is 1. The Hall–Kier alpha value is -2.13. The monoisotopic (exact) mass is 398 g/mol. The molecule has 8 nitrogen and oxygen atoms in total. The van der Waals surface area contributed by atoms with E-state index >= 15 is 0 Å². The van der Waals surface area contributed by atoms with E-state index in [1.54, 1.807) is 0 Å². The highest BCUT2D eigenvalue weighted by atomic mass is 32.2. The van der Waals surface area contributed by atoms with E-state index in [9.17, 15) is 18.0 Å². The zero-order valence-electron chi connectivity index (χ0n) is 16.1. The molecule has 1 aliphatic rings. The van der Waals surface area contributed by atoms with Gasteiger partial charge in [0.1, 0.15) is 10.6 Å². The van der Waals surface area contributed by atoms with Gasteiger partial charge in [0, 0.05) is 18.6 Å². The Kier molecular flexibility index (Phi) is 6.48. The van der Waals surface area contributed by atoms with Gasteiger partial charge in [-0.25, -0.2) is 13.2 Å². The number of benzene rings is 1. The van der Waals surface area contributed by atoms with Crippen LogP contribution in [0.3, 0.4) is 0 Å². The van der Waals surface area contributed by atoms with Crippen LogP contribution >= 0.6 is 0 Å². The van der Waals surface area contributed by atoms with Gasteiger partial charge < -0.3 is 14.8 Å². The first-order chi connectivity index (χ1) is 12.5. The molecule has 0 saturated carbocycles. The largest absolute Gasteiger partial charge is 0.495 e. The van der Waals surface area contributed by atoms with Gasteiger partial charge in [-0.1, -0.05) is 0 Å². The van der Waals surface area contributed by atoms with Crippen LogP contribution in [0.15, 0.2) is 23.1 Å². The number of nitrogens with zero attached hydrogens (tertiary/aromatic N) is 1. The van der Waals surface area contributed by atoms with Crippen molar-refractivity contribution < 1.29 is 27.5 Å². The molecule has 1 aromatic carbocycles. The Morgan fingerprint density at radius 2 is 1.81 bits per heavy atom. The van der Waals surface area contributed by atoms with Gasteiger partial charge in [0.2, 0.25) is 10.0 Å². The van der Waals surface area contributed by atoms with Crippen molar-refractivity contribution in [3.63, 3.8) is 0 Å². The van der Waals surface area contributed by atoms with E-state index < -0.39 is 34.0 Å². The minimum absolute atomic E-state index is 0.0390. The molecular formula is C18H26N2O6S. The molecule has 1 fully saturated rings. The Bertz CT molecular complexity index is 808. The first-order valence-corrected chi connectivity index (χ1v) is 10.1. The lowest BCUT2D eigenvalue weighted by atomic mass is 10.1. The molecule has 1 aromatic rings. The van der Waals surface area contributed by atoms with Crippen molar-refractivity contribution in [2.24, 2.45) is 0 Å². The number of methoxy groups -OCH3 is 1. The van der Waals surface area contributed by atoms with Gasteiger partial charge in [-0.2, -0.15) is 4.31 Å². The fraction of sp³-hybridized carbons (Fsp3) is 0.556. The van der Waals surface area contributed by atoms with Gasteiger partial charge >= 0.3 is 5.97 Å². The van der Waals surface area contributed by atoms with E-state index in [4.69, 9.17) is 9.47 Å². The van der Waals surface area contributed by atoms with E-state index in [-0.39, 0.29) is 16.2 Å². The summed E-state index contributed by atoms with van der Waals surface area (Å²) in [6, 6.07) is 4.05.